The van der Waals surface area contributed by atoms with Crippen molar-refractivity contribution in [3.8, 4) is 5.69 Å². The first-order valence-corrected chi connectivity index (χ1v) is 7.50. The molecular weight excluding hydrogens is 244 g/mol. The maximum atomic E-state index is 3.49. The van der Waals surface area contributed by atoms with Crippen molar-refractivity contribution in [1.29, 1.82) is 0 Å². The van der Waals surface area contributed by atoms with Gasteiger partial charge in [-0.15, -0.1) is 0 Å². The van der Waals surface area contributed by atoms with E-state index in [4.69, 9.17) is 0 Å². The zero-order valence-electron chi connectivity index (χ0n) is 13.4. The van der Waals surface area contributed by atoms with Crippen molar-refractivity contribution in [3.05, 3.63) is 52.3 Å². The molecule has 1 aromatic carbocycles. The third-order valence-corrected chi connectivity index (χ3v) is 4.03. The molecule has 0 saturated carbocycles. The highest BCUT2D eigenvalue weighted by molar-refractivity contribution is 5.45. The van der Waals surface area contributed by atoms with Gasteiger partial charge in [0.05, 0.1) is 0 Å². The fraction of sp³-hybridized carbons (Fsp3) is 0.444. The minimum Gasteiger partial charge on any atom is -0.318 e. The summed E-state index contributed by atoms with van der Waals surface area (Å²) in [6.07, 6.45) is 1.18. The first-order chi connectivity index (χ1) is 9.54. The molecule has 0 fully saturated rings. The van der Waals surface area contributed by atoms with Gasteiger partial charge in [-0.25, -0.2) is 0 Å². The van der Waals surface area contributed by atoms with E-state index in [0.717, 1.165) is 13.1 Å². The molecule has 2 aromatic rings. The fourth-order valence-electron chi connectivity index (χ4n) is 2.67. The summed E-state index contributed by atoms with van der Waals surface area (Å²) >= 11 is 0. The van der Waals surface area contributed by atoms with E-state index in [2.05, 4.69) is 68.8 Å². The molecule has 2 heteroatoms. The van der Waals surface area contributed by atoms with E-state index < -0.39 is 0 Å². The lowest BCUT2D eigenvalue weighted by Crippen LogP contribution is -2.14. The van der Waals surface area contributed by atoms with Crippen LogP contribution in [0.2, 0.25) is 0 Å². The van der Waals surface area contributed by atoms with Crippen LogP contribution in [0.4, 0.5) is 0 Å². The first kappa shape index (κ1) is 14.9. The average Bonchev–Trinajstić information content (AvgIpc) is 2.69. The van der Waals surface area contributed by atoms with Crippen LogP contribution in [0.25, 0.3) is 5.69 Å². The molecule has 0 saturated heterocycles. The lowest BCUT2D eigenvalue weighted by molar-refractivity contribution is 0.672. The molecule has 0 aliphatic rings. The number of hydrogen-bond donors (Lipinski definition) is 1. The van der Waals surface area contributed by atoms with Gasteiger partial charge in [0.15, 0.2) is 0 Å². The Balaban J connectivity index is 2.34. The van der Waals surface area contributed by atoms with E-state index in [1.165, 1.54) is 40.2 Å². The highest BCUT2D eigenvalue weighted by Gasteiger charge is 2.10. The standard InChI is InChI=1S/C18H26N2/c1-6-9-19-12-17-11-15(4)20(16(17)5)18-8-7-13(2)14(3)10-18/h7-8,10-11,19H,6,9,12H2,1-5H3. The van der Waals surface area contributed by atoms with Crippen LogP contribution in [0.1, 0.15) is 41.4 Å². The van der Waals surface area contributed by atoms with Gasteiger partial charge in [0.2, 0.25) is 0 Å². The second-order valence-electron chi connectivity index (χ2n) is 5.68. The second kappa shape index (κ2) is 6.27. The number of rotatable bonds is 5. The number of aromatic nitrogens is 1. The summed E-state index contributed by atoms with van der Waals surface area (Å²) in [4.78, 5) is 0. The van der Waals surface area contributed by atoms with Crippen LogP contribution < -0.4 is 5.32 Å². The summed E-state index contributed by atoms with van der Waals surface area (Å²) in [5.74, 6) is 0. The number of hydrogen-bond acceptors (Lipinski definition) is 1. The largest absolute Gasteiger partial charge is 0.318 e. The summed E-state index contributed by atoms with van der Waals surface area (Å²) < 4.78 is 2.36. The quantitative estimate of drug-likeness (QED) is 0.805. The number of nitrogens with one attached hydrogen (secondary N) is 1. The van der Waals surface area contributed by atoms with E-state index in [0.29, 0.717) is 0 Å². The molecule has 0 spiro atoms. The molecule has 0 radical (unpaired) electrons. The Hall–Kier alpha value is -1.54. The number of benzene rings is 1. The highest BCUT2D eigenvalue weighted by atomic mass is 15.0. The third-order valence-electron chi connectivity index (χ3n) is 4.03. The van der Waals surface area contributed by atoms with Gasteiger partial charge in [0, 0.05) is 23.6 Å². The Morgan fingerprint density at radius 2 is 1.75 bits per heavy atom. The van der Waals surface area contributed by atoms with Crippen LogP contribution in [0.15, 0.2) is 24.3 Å². The first-order valence-electron chi connectivity index (χ1n) is 7.50. The monoisotopic (exact) mass is 270 g/mol. The van der Waals surface area contributed by atoms with Crippen LogP contribution in [-0.2, 0) is 6.54 Å². The van der Waals surface area contributed by atoms with Crippen molar-refractivity contribution >= 4 is 0 Å². The van der Waals surface area contributed by atoms with E-state index in [1.54, 1.807) is 0 Å². The van der Waals surface area contributed by atoms with Gasteiger partial charge in [-0.3, -0.25) is 0 Å². The molecule has 0 aliphatic carbocycles. The zero-order valence-corrected chi connectivity index (χ0v) is 13.4. The Kier molecular flexibility index (Phi) is 4.66. The van der Waals surface area contributed by atoms with Crippen LogP contribution in [0.3, 0.4) is 0 Å². The third kappa shape index (κ3) is 2.96. The summed E-state index contributed by atoms with van der Waals surface area (Å²) in [5.41, 5.74) is 8.01. The number of nitrogens with zero attached hydrogens (tertiary/aromatic N) is 1. The average molecular weight is 270 g/mol. The van der Waals surface area contributed by atoms with E-state index in [9.17, 15) is 0 Å². The Bertz CT molecular complexity index is 594. The van der Waals surface area contributed by atoms with Gasteiger partial charge in [-0.2, -0.15) is 0 Å². The predicted molar refractivity (Wildman–Crippen MR) is 86.7 cm³/mol. The molecule has 20 heavy (non-hydrogen) atoms. The van der Waals surface area contributed by atoms with Gasteiger partial charge in [-0.1, -0.05) is 13.0 Å². The van der Waals surface area contributed by atoms with E-state index in [-0.39, 0.29) is 0 Å². The summed E-state index contributed by atoms with van der Waals surface area (Å²) in [6.45, 7) is 13.0. The van der Waals surface area contributed by atoms with Crippen molar-refractivity contribution in [1.82, 2.24) is 9.88 Å². The van der Waals surface area contributed by atoms with Crippen molar-refractivity contribution in [2.24, 2.45) is 0 Å². The molecule has 0 amide bonds. The van der Waals surface area contributed by atoms with Crippen LogP contribution in [0, 0.1) is 27.7 Å². The molecule has 0 bridgehead atoms. The minimum absolute atomic E-state index is 0.957. The fourth-order valence-corrected chi connectivity index (χ4v) is 2.67. The SMILES string of the molecule is CCCNCc1cc(C)n(-c2ccc(C)c(C)c2)c1C. The van der Waals surface area contributed by atoms with E-state index >= 15 is 0 Å². The van der Waals surface area contributed by atoms with Gasteiger partial charge in [0.1, 0.15) is 0 Å². The molecular formula is C18H26N2. The molecule has 0 aliphatic heterocycles. The van der Waals surface area contributed by atoms with Gasteiger partial charge >= 0.3 is 0 Å². The molecule has 1 N–H and O–H groups in total. The summed E-state index contributed by atoms with van der Waals surface area (Å²) in [6, 6.07) is 9.00. The zero-order chi connectivity index (χ0) is 14.7. The maximum absolute atomic E-state index is 3.49. The molecule has 2 nitrogen and oxygen atoms in total. The van der Waals surface area contributed by atoms with Crippen molar-refractivity contribution < 1.29 is 0 Å². The van der Waals surface area contributed by atoms with Gasteiger partial charge in [-0.05, 0) is 75.5 Å². The van der Waals surface area contributed by atoms with Gasteiger partial charge in [0.25, 0.3) is 0 Å². The molecule has 108 valence electrons. The van der Waals surface area contributed by atoms with Crippen molar-refractivity contribution in [2.75, 3.05) is 6.54 Å². The summed E-state index contributed by atoms with van der Waals surface area (Å²) in [7, 11) is 0. The predicted octanol–water partition coefficient (Wildman–Crippen LogP) is 4.21. The van der Waals surface area contributed by atoms with Crippen LogP contribution in [-0.4, -0.2) is 11.1 Å². The Morgan fingerprint density at radius 1 is 1.00 bits per heavy atom. The highest BCUT2D eigenvalue weighted by Crippen LogP contribution is 2.22. The van der Waals surface area contributed by atoms with E-state index in [1.807, 2.05) is 0 Å². The van der Waals surface area contributed by atoms with Crippen molar-refractivity contribution in [3.63, 3.8) is 0 Å². The second-order valence-corrected chi connectivity index (χ2v) is 5.68. The van der Waals surface area contributed by atoms with Crippen LogP contribution in [0.5, 0.6) is 0 Å². The van der Waals surface area contributed by atoms with Crippen LogP contribution >= 0.6 is 0 Å². The lowest BCUT2D eigenvalue weighted by Gasteiger charge is -2.12. The topological polar surface area (TPSA) is 17.0 Å². The minimum atomic E-state index is 0.957. The Labute approximate surface area is 122 Å². The maximum Gasteiger partial charge on any atom is 0.0457 e. The molecule has 2 rings (SSSR count). The van der Waals surface area contributed by atoms with Gasteiger partial charge < -0.3 is 9.88 Å². The summed E-state index contributed by atoms with van der Waals surface area (Å²) in [5, 5.41) is 3.49. The molecule has 0 unspecified atom stereocenters. The molecule has 0 atom stereocenters. The number of aryl methyl sites for hydroxylation is 3. The molecule has 1 aromatic heterocycles. The van der Waals surface area contributed by atoms with Crippen molar-refractivity contribution in [2.45, 2.75) is 47.6 Å². The normalized spacial score (nSPS) is 11.1. The molecule has 1 heterocycles. The lowest BCUT2D eigenvalue weighted by atomic mass is 10.1. The Morgan fingerprint density at radius 3 is 2.40 bits per heavy atom. The smallest absolute Gasteiger partial charge is 0.0457 e.